The Bertz CT molecular complexity index is 467. The first-order valence-electron chi connectivity index (χ1n) is 6.05. The minimum absolute atomic E-state index is 0.0110. The summed E-state index contributed by atoms with van der Waals surface area (Å²) in [4.78, 5) is 12.1. The van der Waals surface area contributed by atoms with Crippen LogP contribution < -0.4 is 15.4 Å². The number of amides is 1. The average molecular weight is 268 g/mol. The molecule has 1 aliphatic rings. The number of likely N-dealkylation sites (N-methyl/N-ethyl adjacent to an activating group) is 1. The lowest BCUT2D eigenvalue weighted by atomic mass is 10.0. The van der Waals surface area contributed by atoms with Crippen LogP contribution in [0.25, 0.3) is 0 Å². The van der Waals surface area contributed by atoms with Crippen LogP contribution in [0, 0.1) is 11.7 Å². The number of ether oxygens (including phenoxy) is 2. The number of nitrogens with one attached hydrogen (secondary N) is 2. The summed E-state index contributed by atoms with van der Waals surface area (Å²) in [6.07, 6.45) is 0. The van der Waals surface area contributed by atoms with Crippen LogP contribution in [0.2, 0.25) is 0 Å². The molecule has 5 nitrogen and oxygen atoms in total. The van der Waals surface area contributed by atoms with Crippen LogP contribution in [-0.4, -0.2) is 39.3 Å². The fraction of sp³-hybridized carbons (Fsp3) is 0.462. The normalized spacial score (nSPS) is 22.3. The van der Waals surface area contributed by atoms with Gasteiger partial charge in [-0.2, -0.15) is 0 Å². The van der Waals surface area contributed by atoms with Crippen molar-refractivity contribution in [2.24, 2.45) is 5.92 Å². The maximum Gasteiger partial charge on any atom is 0.231 e. The second-order valence-corrected chi connectivity index (χ2v) is 4.38. The zero-order valence-electron chi connectivity index (χ0n) is 10.9. The molecule has 0 aromatic heterocycles. The van der Waals surface area contributed by atoms with E-state index in [1.807, 2.05) is 0 Å². The van der Waals surface area contributed by atoms with Gasteiger partial charge in [-0.05, 0) is 19.2 Å². The second kappa shape index (κ2) is 5.99. The Balaban J connectivity index is 2.04. The Labute approximate surface area is 111 Å². The van der Waals surface area contributed by atoms with Gasteiger partial charge in [-0.3, -0.25) is 4.79 Å². The molecule has 1 aromatic carbocycles. The van der Waals surface area contributed by atoms with E-state index >= 15 is 0 Å². The zero-order valence-corrected chi connectivity index (χ0v) is 10.9. The quantitative estimate of drug-likeness (QED) is 0.855. The molecule has 1 amide bonds. The van der Waals surface area contributed by atoms with Crippen LogP contribution in [0.5, 0.6) is 5.75 Å². The molecule has 0 bridgehead atoms. The maximum absolute atomic E-state index is 13.5. The van der Waals surface area contributed by atoms with Gasteiger partial charge in [-0.15, -0.1) is 0 Å². The van der Waals surface area contributed by atoms with Gasteiger partial charge in [0.1, 0.15) is 0 Å². The maximum atomic E-state index is 13.5. The predicted octanol–water partition coefficient (Wildman–Crippen LogP) is 1.01. The molecule has 2 atom stereocenters. The summed E-state index contributed by atoms with van der Waals surface area (Å²) in [6, 6.07) is 4.31. The van der Waals surface area contributed by atoms with Crippen molar-refractivity contribution in [3.05, 3.63) is 24.0 Å². The van der Waals surface area contributed by atoms with Crippen molar-refractivity contribution >= 4 is 11.6 Å². The number of benzene rings is 1. The summed E-state index contributed by atoms with van der Waals surface area (Å²) in [6.45, 7) is 0.877. The van der Waals surface area contributed by atoms with Crippen molar-refractivity contribution < 1.29 is 18.7 Å². The highest BCUT2D eigenvalue weighted by atomic mass is 19.1. The fourth-order valence-electron chi connectivity index (χ4n) is 2.08. The van der Waals surface area contributed by atoms with Gasteiger partial charge < -0.3 is 20.1 Å². The first-order chi connectivity index (χ1) is 9.15. The average Bonchev–Trinajstić information content (AvgIpc) is 2.87. The molecule has 0 spiro atoms. The van der Waals surface area contributed by atoms with Crippen molar-refractivity contribution in [3.8, 4) is 5.75 Å². The molecule has 2 N–H and O–H groups in total. The van der Waals surface area contributed by atoms with E-state index in [2.05, 4.69) is 10.6 Å². The molecule has 104 valence electrons. The predicted molar refractivity (Wildman–Crippen MR) is 68.7 cm³/mol. The van der Waals surface area contributed by atoms with Crippen LogP contribution in [-0.2, 0) is 9.53 Å². The number of halogens is 1. The van der Waals surface area contributed by atoms with Gasteiger partial charge in [-0.25, -0.2) is 4.39 Å². The van der Waals surface area contributed by atoms with Gasteiger partial charge in [0.2, 0.25) is 5.91 Å². The van der Waals surface area contributed by atoms with Gasteiger partial charge in [0, 0.05) is 17.8 Å². The molecule has 0 radical (unpaired) electrons. The molecule has 0 aliphatic carbocycles. The Kier molecular flexibility index (Phi) is 4.34. The Hall–Kier alpha value is -1.66. The fourth-order valence-corrected chi connectivity index (χ4v) is 2.08. The third-order valence-corrected chi connectivity index (χ3v) is 3.21. The number of hydrogen-bond acceptors (Lipinski definition) is 4. The Morgan fingerprint density at radius 3 is 2.89 bits per heavy atom. The van der Waals surface area contributed by atoms with Crippen molar-refractivity contribution in [1.29, 1.82) is 0 Å². The summed E-state index contributed by atoms with van der Waals surface area (Å²) < 4.78 is 23.6. The smallest absolute Gasteiger partial charge is 0.231 e. The topological polar surface area (TPSA) is 59.6 Å². The first kappa shape index (κ1) is 13.8. The Morgan fingerprint density at radius 2 is 2.26 bits per heavy atom. The number of carbonyl (C=O) groups excluding carboxylic acids is 1. The molecular weight excluding hydrogens is 251 g/mol. The van der Waals surface area contributed by atoms with Crippen LogP contribution in [0.15, 0.2) is 18.2 Å². The molecule has 0 saturated carbocycles. The van der Waals surface area contributed by atoms with Crippen molar-refractivity contribution in [3.63, 3.8) is 0 Å². The minimum Gasteiger partial charge on any atom is -0.494 e. The van der Waals surface area contributed by atoms with Gasteiger partial charge >= 0.3 is 0 Å². The summed E-state index contributed by atoms with van der Waals surface area (Å²) in [7, 11) is 3.18. The number of carbonyl (C=O) groups is 1. The first-order valence-corrected chi connectivity index (χ1v) is 6.05. The largest absolute Gasteiger partial charge is 0.494 e. The van der Waals surface area contributed by atoms with Crippen LogP contribution in [0.1, 0.15) is 0 Å². The zero-order chi connectivity index (χ0) is 13.8. The lowest BCUT2D eigenvalue weighted by Gasteiger charge is -2.16. The highest BCUT2D eigenvalue weighted by molar-refractivity contribution is 5.93. The summed E-state index contributed by atoms with van der Waals surface area (Å²) in [5.74, 6) is -0.806. The van der Waals surface area contributed by atoms with Crippen LogP contribution in [0.3, 0.4) is 0 Å². The molecule has 1 aliphatic heterocycles. The molecule has 1 saturated heterocycles. The molecule has 6 heteroatoms. The monoisotopic (exact) mass is 268 g/mol. The number of hydrogen-bond donors (Lipinski definition) is 2. The minimum atomic E-state index is -0.506. The van der Waals surface area contributed by atoms with Gasteiger partial charge in [0.05, 0.1) is 26.2 Å². The Morgan fingerprint density at radius 1 is 1.47 bits per heavy atom. The van der Waals surface area contributed by atoms with Crippen LogP contribution in [0.4, 0.5) is 10.1 Å². The molecule has 19 heavy (non-hydrogen) atoms. The lowest BCUT2D eigenvalue weighted by molar-refractivity contribution is -0.120. The standard InChI is InChI=1S/C13H17FN2O3/c1-15-11-7-19-6-9(11)13(17)16-8-3-4-12(18-2)10(14)5-8/h3-5,9,11,15H,6-7H2,1-2H3,(H,16,17). The third kappa shape index (κ3) is 3.02. The number of methoxy groups -OCH3 is 1. The molecule has 1 fully saturated rings. The van der Waals surface area contributed by atoms with Crippen molar-refractivity contribution in [2.75, 3.05) is 32.7 Å². The highest BCUT2D eigenvalue weighted by Gasteiger charge is 2.32. The SMILES string of the molecule is CNC1COCC1C(=O)Nc1ccc(OC)c(F)c1. The van der Waals surface area contributed by atoms with E-state index in [9.17, 15) is 9.18 Å². The van der Waals surface area contributed by atoms with E-state index in [1.165, 1.54) is 19.2 Å². The third-order valence-electron chi connectivity index (χ3n) is 3.21. The molecule has 2 unspecified atom stereocenters. The van der Waals surface area contributed by atoms with Gasteiger partial charge in [0.25, 0.3) is 0 Å². The van der Waals surface area contributed by atoms with E-state index in [4.69, 9.17) is 9.47 Å². The van der Waals surface area contributed by atoms with Gasteiger partial charge in [-0.1, -0.05) is 0 Å². The molecule has 2 rings (SSSR count). The number of rotatable bonds is 4. The molecule has 1 heterocycles. The van der Waals surface area contributed by atoms with E-state index in [1.54, 1.807) is 13.1 Å². The van der Waals surface area contributed by atoms with E-state index in [0.717, 1.165) is 0 Å². The summed E-state index contributed by atoms with van der Waals surface area (Å²) in [5.41, 5.74) is 0.407. The van der Waals surface area contributed by atoms with E-state index in [-0.39, 0.29) is 23.6 Å². The number of anilines is 1. The lowest BCUT2D eigenvalue weighted by Crippen LogP contribution is -2.39. The highest BCUT2D eigenvalue weighted by Crippen LogP contribution is 2.22. The van der Waals surface area contributed by atoms with Crippen molar-refractivity contribution in [1.82, 2.24) is 5.32 Å². The van der Waals surface area contributed by atoms with E-state index < -0.39 is 5.82 Å². The summed E-state index contributed by atoms with van der Waals surface area (Å²) in [5, 5.41) is 5.72. The van der Waals surface area contributed by atoms with Crippen molar-refractivity contribution in [2.45, 2.75) is 6.04 Å². The van der Waals surface area contributed by atoms with E-state index in [0.29, 0.717) is 18.9 Å². The van der Waals surface area contributed by atoms with Gasteiger partial charge in [0.15, 0.2) is 11.6 Å². The second-order valence-electron chi connectivity index (χ2n) is 4.38. The summed E-state index contributed by atoms with van der Waals surface area (Å²) >= 11 is 0. The molecular formula is C13H17FN2O3. The molecule has 1 aromatic rings. The van der Waals surface area contributed by atoms with Crippen LogP contribution >= 0.6 is 0 Å².